The van der Waals surface area contributed by atoms with Crippen LogP contribution in [0.15, 0.2) is 30.1 Å². The third-order valence-corrected chi connectivity index (χ3v) is 2.42. The number of rotatable bonds is 2. The predicted molar refractivity (Wildman–Crippen MR) is 64.0 cm³/mol. The zero-order valence-corrected chi connectivity index (χ0v) is 9.63. The summed E-state index contributed by atoms with van der Waals surface area (Å²) < 4.78 is 2.64. The molecular formula is C10H16N4S. The molecule has 0 atom stereocenters. The molecule has 0 aromatic carbocycles. The summed E-state index contributed by atoms with van der Waals surface area (Å²) in [5.74, 6) is 0. The second kappa shape index (κ2) is 6.31. The lowest BCUT2D eigenvalue weighted by molar-refractivity contribution is 0.727. The highest BCUT2D eigenvalue weighted by Gasteiger charge is 2.01. The van der Waals surface area contributed by atoms with Crippen LogP contribution in [0.4, 0.5) is 0 Å². The molecule has 0 spiro atoms. The van der Waals surface area contributed by atoms with Crippen LogP contribution in [-0.4, -0.2) is 21.8 Å². The van der Waals surface area contributed by atoms with Crippen LogP contribution in [-0.2, 0) is 6.54 Å². The van der Waals surface area contributed by atoms with Crippen molar-refractivity contribution in [2.24, 2.45) is 5.73 Å². The van der Waals surface area contributed by atoms with Gasteiger partial charge in [0.25, 0.3) is 0 Å². The van der Waals surface area contributed by atoms with Gasteiger partial charge in [0.2, 0.25) is 0 Å². The summed E-state index contributed by atoms with van der Waals surface area (Å²) in [5, 5.41) is 6.62. The zero-order valence-electron chi connectivity index (χ0n) is 8.81. The number of H-pyrrole nitrogens is 1. The maximum absolute atomic E-state index is 5.05. The lowest BCUT2D eigenvalue weighted by atomic mass is 10.1. The van der Waals surface area contributed by atoms with Crippen LogP contribution in [0.1, 0.15) is 12.8 Å². The number of allylic oxidation sites excluding steroid dienone is 4. The second-order valence-corrected chi connectivity index (χ2v) is 3.47. The van der Waals surface area contributed by atoms with Gasteiger partial charge < -0.3 is 10.3 Å². The van der Waals surface area contributed by atoms with E-state index in [1.165, 1.54) is 12.6 Å². The molecule has 1 aliphatic carbocycles. The molecule has 82 valence electrons. The summed E-state index contributed by atoms with van der Waals surface area (Å²) in [6, 6.07) is 0. The molecule has 0 saturated carbocycles. The van der Waals surface area contributed by atoms with Crippen LogP contribution in [0.5, 0.6) is 0 Å². The molecular weight excluding hydrogens is 208 g/mol. The van der Waals surface area contributed by atoms with E-state index < -0.39 is 0 Å². The fourth-order valence-electron chi connectivity index (χ4n) is 1.39. The predicted octanol–water partition coefficient (Wildman–Crippen LogP) is 1.79. The number of nitrogens with zero attached hydrogens (tertiary/aromatic N) is 2. The molecule has 0 saturated heterocycles. The molecule has 0 radical (unpaired) electrons. The van der Waals surface area contributed by atoms with Gasteiger partial charge in [-0.05, 0) is 32.1 Å². The SMILES string of the molecule is CN.S=c1[nH]ncn1CC1=CC=CCC1. The Kier molecular flexibility index (Phi) is 5.00. The van der Waals surface area contributed by atoms with E-state index in [0.717, 1.165) is 19.4 Å². The molecule has 0 unspecified atom stereocenters. The molecule has 2 rings (SSSR count). The van der Waals surface area contributed by atoms with Crippen molar-refractivity contribution in [3.63, 3.8) is 0 Å². The van der Waals surface area contributed by atoms with Crippen molar-refractivity contribution >= 4 is 12.2 Å². The van der Waals surface area contributed by atoms with Gasteiger partial charge in [-0.25, -0.2) is 0 Å². The van der Waals surface area contributed by atoms with Crippen molar-refractivity contribution in [1.29, 1.82) is 0 Å². The fourth-order valence-corrected chi connectivity index (χ4v) is 1.55. The summed E-state index contributed by atoms with van der Waals surface area (Å²) >= 11 is 5.05. The number of hydrogen-bond acceptors (Lipinski definition) is 3. The first kappa shape index (κ1) is 11.9. The Hall–Kier alpha value is -1.20. The van der Waals surface area contributed by atoms with E-state index in [0.29, 0.717) is 4.77 Å². The van der Waals surface area contributed by atoms with Crippen LogP contribution < -0.4 is 5.73 Å². The molecule has 0 amide bonds. The molecule has 0 bridgehead atoms. The minimum absolute atomic E-state index is 0.690. The van der Waals surface area contributed by atoms with E-state index >= 15 is 0 Å². The Morgan fingerprint density at radius 1 is 1.60 bits per heavy atom. The molecule has 15 heavy (non-hydrogen) atoms. The maximum Gasteiger partial charge on any atom is 0.195 e. The Morgan fingerprint density at radius 2 is 2.40 bits per heavy atom. The van der Waals surface area contributed by atoms with Gasteiger partial charge >= 0.3 is 0 Å². The lowest BCUT2D eigenvalue weighted by Crippen LogP contribution is -2.01. The normalized spacial score (nSPS) is 14.1. The molecule has 1 heterocycles. The van der Waals surface area contributed by atoms with E-state index in [1.807, 2.05) is 4.57 Å². The van der Waals surface area contributed by atoms with Crippen molar-refractivity contribution in [2.75, 3.05) is 7.05 Å². The van der Waals surface area contributed by atoms with Gasteiger partial charge in [0.05, 0.1) is 0 Å². The third-order valence-electron chi connectivity index (χ3n) is 2.09. The Bertz CT molecular complexity index is 400. The summed E-state index contributed by atoms with van der Waals surface area (Å²) in [7, 11) is 1.50. The van der Waals surface area contributed by atoms with E-state index in [4.69, 9.17) is 12.2 Å². The van der Waals surface area contributed by atoms with Crippen LogP contribution in [0.3, 0.4) is 0 Å². The van der Waals surface area contributed by atoms with Gasteiger partial charge in [0.1, 0.15) is 6.33 Å². The number of aromatic amines is 1. The van der Waals surface area contributed by atoms with Gasteiger partial charge in [-0.2, -0.15) is 5.10 Å². The first-order chi connectivity index (χ1) is 7.36. The highest BCUT2D eigenvalue weighted by Crippen LogP contribution is 2.13. The number of hydrogen-bond donors (Lipinski definition) is 2. The Balaban J connectivity index is 0.000000531. The van der Waals surface area contributed by atoms with Crippen molar-refractivity contribution < 1.29 is 0 Å². The molecule has 5 heteroatoms. The van der Waals surface area contributed by atoms with E-state index in [2.05, 4.69) is 34.2 Å². The Labute approximate surface area is 94.5 Å². The number of nitrogens with two attached hydrogens (primary N) is 1. The number of aromatic nitrogens is 3. The Morgan fingerprint density at radius 3 is 2.93 bits per heavy atom. The van der Waals surface area contributed by atoms with Crippen molar-refractivity contribution in [3.8, 4) is 0 Å². The van der Waals surface area contributed by atoms with E-state index in [-0.39, 0.29) is 0 Å². The van der Waals surface area contributed by atoms with E-state index in [1.54, 1.807) is 6.33 Å². The van der Waals surface area contributed by atoms with Crippen molar-refractivity contribution in [3.05, 3.63) is 34.9 Å². The average Bonchev–Trinajstić information content (AvgIpc) is 2.69. The monoisotopic (exact) mass is 224 g/mol. The molecule has 4 nitrogen and oxygen atoms in total. The molecule has 1 aromatic heterocycles. The van der Waals surface area contributed by atoms with Crippen LogP contribution in [0, 0.1) is 4.77 Å². The van der Waals surface area contributed by atoms with Crippen molar-refractivity contribution in [2.45, 2.75) is 19.4 Å². The first-order valence-corrected chi connectivity index (χ1v) is 5.29. The van der Waals surface area contributed by atoms with Crippen molar-refractivity contribution in [1.82, 2.24) is 14.8 Å². The zero-order chi connectivity index (χ0) is 11.1. The molecule has 1 aliphatic rings. The van der Waals surface area contributed by atoms with Gasteiger partial charge in [0.15, 0.2) is 4.77 Å². The highest BCUT2D eigenvalue weighted by atomic mass is 32.1. The fraction of sp³-hybridized carbons (Fsp3) is 0.400. The summed E-state index contributed by atoms with van der Waals surface area (Å²) in [6.07, 6.45) is 10.4. The second-order valence-electron chi connectivity index (χ2n) is 3.08. The minimum atomic E-state index is 0.690. The molecule has 0 aliphatic heterocycles. The minimum Gasteiger partial charge on any atom is -0.333 e. The lowest BCUT2D eigenvalue weighted by Gasteiger charge is -2.08. The van der Waals surface area contributed by atoms with Crippen LogP contribution >= 0.6 is 12.2 Å². The smallest absolute Gasteiger partial charge is 0.195 e. The quantitative estimate of drug-likeness (QED) is 0.753. The topological polar surface area (TPSA) is 59.6 Å². The standard InChI is InChI=1S/C9H11N3S.CH5N/c13-9-11-10-7-12(9)6-8-4-2-1-3-5-8;1-2/h1-2,4,7H,3,5-6H2,(H,11,13);2H2,1H3. The summed E-state index contributed by atoms with van der Waals surface area (Å²) in [4.78, 5) is 0. The highest BCUT2D eigenvalue weighted by molar-refractivity contribution is 7.71. The van der Waals surface area contributed by atoms with Crippen LogP contribution in [0.2, 0.25) is 0 Å². The summed E-state index contributed by atoms with van der Waals surface area (Å²) in [6.45, 7) is 0.861. The van der Waals surface area contributed by atoms with Gasteiger partial charge in [-0.15, -0.1) is 0 Å². The summed E-state index contributed by atoms with van der Waals surface area (Å²) in [5.41, 5.74) is 5.90. The van der Waals surface area contributed by atoms with Gasteiger partial charge in [0, 0.05) is 6.54 Å². The molecule has 3 N–H and O–H groups in total. The molecule has 0 fully saturated rings. The average molecular weight is 224 g/mol. The van der Waals surface area contributed by atoms with E-state index in [9.17, 15) is 0 Å². The number of nitrogens with one attached hydrogen (secondary N) is 1. The van der Waals surface area contributed by atoms with Gasteiger partial charge in [-0.3, -0.25) is 5.10 Å². The van der Waals surface area contributed by atoms with Gasteiger partial charge in [-0.1, -0.05) is 23.8 Å². The largest absolute Gasteiger partial charge is 0.333 e. The third kappa shape index (κ3) is 3.45. The first-order valence-electron chi connectivity index (χ1n) is 4.88. The van der Waals surface area contributed by atoms with Crippen LogP contribution in [0.25, 0.3) is 0 Å². The molecule has 1 aromatic rings. The maximum atomic E-state index is 5.05.